The molecule has 6 heteroatoms. The van der Waals surface area contributed by atoms with Gasteiger partial charge in [0.1, 0.15) is 5.94 Å². The van der Waals surface area contributed by atoms with E-state index in [9.17, 15) is 8.76 Å². The van der Waals surface area contributed by atoms with Crippen LogP contribution in [-0.2, 0) is 15.5 Å². The minimum absolute atomic E-state index is 0. The van der Waals surface area contributed by atoms with E-state index >= 15 is 0 Å². The van der Waals surface area contributed by atoms with Gasteiger partial charge in [-0.15, -0.1) is 11.8 Å². The Labute approximate surface area is 117 Å². The van der Waals surface area contributed by atoms with Crippen LogP contribution < -0.4 is 51.4 Å². The fraction of sp³-hybridized carbons (Fsp3) is 1.00. The van der Waals surface area contributed by atoms with Crippen molar-refractivity contribution in [3.63, 3.8) is 0 Å². The molecule has 0 N–H and O–H groups in total. The van der Waals surface area contributed by atoms with Gasteiger partial charge in [0, 0.05) is 0 Å². The average molecular weight is 222 g/mol. The van der Waals surface area contributed by atoms with E-state index < -0.39 is 11.4 Å². The summed E-state index contributed by atoms with van der Waals surface area (Å²) >= 11 is -0.851. The molecular weight excluding hydrogens is 211 g/mol. The summed E-state index contributed by atoms with van der Waals surface area (Å²) in [6.45, 7) is 2.09. The molecule has 0 spiro atoms. The maximum atomic E-state index is 9.80. The van der Waals surface area contributed by atoms with Crippen molar-refractivity contribution in [1.29, 1.82) is 0 Å². The molecule has 0 bridgehead atoms. The Kier molecular flexibility index (Phi) is 17.0. The summed E-state index contributed by atoms with van der Waals surface area (Å²) in [6.07, 6.45) is 2.24. The molecule has 1 atom stereocenters. The molecule has 0 aromatic heterocycles. The maximum Gasteiger partial charge on any atom is 1.00 e. The van der Waals surface area contributed by atoms with Crippen LogP contribution in [0.1, 0.15) is 19.8 Å². The van der Waals surface area contributed by atoms with Gasteiger partial charge in [-0.3, -0.25) is 4.18 Å². The minimum atomic E-state index is -2.34. The molecule has 62 valence electrons. The van der Waals surface area contributed by atoms with Crippen molar-refractivity contribution in [1.82, 2.24) is 0 Å². The van der Waals surface area contributed by atoms with Gasteiger partial charge in [-0.05, 0) is 12.2 Å². The van der Waals surface area contributed by atoms with Crippen molar-refractivity contribution in [2.45, 2.75) is 19.8 Å². The van der Waals surface area contributed by atoms with Gasteiger partial charge in [-0.1, -0.05) is 13.3 Å². The molecule has 0 aliphatic rings. The van der Waals surface area contributed by atoms with E-state index in [0.717, 1.165) is 18.6 Å². The fourth-order valence-electron chi connectivity index (χ4n) is 0.379. The van der Waals surface area contributed by atoms with E-state index in [1.54, 1.807) is 0 Å². The number of hydrogen-bond donors (Lipinski definition) is 0. The molecule has 0 rings (SSSR count). The van der Waals surface area contributed by atoms with Gasteiger partial charge in [0.15, 0.2) is 0 Å². The summed E-state index contributed by atoms with van der Waals surface area (Å²) in [5.41, 5.74) is 0. The summed E-state index contributed by atoms with van der Waals surface area (Å²) in [7, 11) is 0. The Bertz CT molecular complexity index is 102. The zero-order valence-electron chi connectivity index (χ0n) is 6.87. The Morgan fingerprint density at radius 1 is 1.64 bits per heavy atom. The van der Waals surface area contributed by atoms with Crippen molar-refractivity contribution in [3.05, 3.63) is 0 Å². The molecule has 0 fully saturated rings. The molecule has 0 saturated heterocycles. The molecule has 0 saturated carbocycles. The van der Waals surface area contributed by atoms with E-state index in [4.69, 9.17) is 0 Å². The van der Waals surface area contributed by atoms with Crippen LogP contribution in [0.5, 0.6) is 0 Å². The first-order chi connectivity index (χ1) is 4.77. The Hall–Kier alpha value is 2.06. The van der Waals surface area contributed by atoms with Crippen LogP contribution in [0.2, 0.25) is 0 Å². The first kappa shape index (κ1) is 15.5. The first-order valence-corrected chi connectivity index (χ1v) is 5.23. The third kappa shape index (κ3) is 14.9. The molecule has 0 aromatic rings. The quantitative estimate of drug-likeness (QED) is 0.232. The third-order valence-electron chi connectivity index (χ3n) is 0.870. The molecular formula is C5H11KO3S2. The van der Waals surface area contributed by atoms with E-state index in [1.807, 2.05) is 0 Å². The second kappa shape index (κ2) is 12.1. The van der Waals surface area contributed by atoms with Crippen molar-refractivity contribution in [2.75, 3.05) is 11.7 Å². The van der Waals surface area contributed by atoms with Gasteiger partial charge >= 0.3 is 51.4 Å². The van der Waals surface area contributed by atoms with Crippen LogP contribution >= 0.6 is 11.8 Å². The van der Waals surface area contributed by atoms with Crippen LogP contribution in [0.4, 0.5) is 0 Å². The van der Waals surface area contributed by atoms with Crippen LogP contribution in [0.25, 0.3) is 0 Å². The van der Waals surface area contributed by atoms with Gasteiger partial charge in [0.05, 0.1) is 11.4 Å². The monoisotopic (exact) mass is 222 g/mol. The summed E-state index contributed by atoms with van der Waals surface area (Å²) in [4.78, 5) is 0. The number of hydrogen-bond acceptors (Lipinski definition) is 4. The predicted octanol–water partition coefficient (Wildman–Crippen LogP) is -1.71. The van der Waals surface area contributed by atoms with Crippen molar-refractivity contribution in [3.8, 4) is 0 Å². The van der Waals surface area contributed by atoms with Crippen LogP contribution in [0.3, 0.4) is 0 Å². The van der Waals surface area contributed by atoms with E-state index in [-0.39, 0.29) is 57.3 Å². The topological polar surface area (TPSA) is 49.4 Å². The predicted molar refractivity (Wildman–Crippen MR) is 42.2 cm³/mol. The summed E-state index contributed by atoms with van der Waals surface area (Å²) in [5.74, 6) is 1.21. The van der Waals surface area contributed by atoms with Gasteiger partial charge < -0.3 is 4.55 Å². The SMILES string of the molecule is CCCCSCOS(=O)[O-].[K+]. The molecule has 0 heterocycles. The molecule has 0 radical (unpaired) electrons. The number of rotatable bonds is 6. The third-order valence-corrected chi connectivity index (χ3v) is 2.19. The summed E-state index contributed by atoms with van der Waals surface area (Å²) < 4.78 is 23.9. The van der Waals surface area contributed by atoms with E-state index in [0.29, 0.717) is 0 Å². The molecule has 11 heavy (non-hydrogen) atoms. The van der Waals surface area contributed by atoms with Crippen LogP contribution in [0, 0.1) is 0 Å². The first-order valence-electron chi connectivity index (χ1n) is 3.07. The minimum Gasteiger partial charge on any atom is -0.750 e. The molecule has 0 aliphatic carbocycles. The van der Waals surface area contributed by atoms with Gasteiger partial charge in [-0.2, -0.15) is 0 Å². The zero-order chi connectivity index (χ0) is 7.82. The summed E-state index contributed by atoms with van der Waals surface area (Å²) in [6, 6.07) is 0. The van der Waals surface area contributed by atoms with Gasteiger partial charge in [0.2, 0.25) is 0 Å². The molecule has 1 unspecified atom stereocenters. The average Bonchev–Trinajstić information content (AvgIpc) is 1.87. The Morgan fingerprint density at radius 2 is 2.27 bits per heavy atom. The van der Waals surface area contributed by atoms with Crippen LogP contribution in [0.15, 0.2) is 0 Å². The number of thioether (sulfide) groups is 1. The van der Waals surface area contributed by atoms with Crippen molar-refractivity contribution >= 4 is 23.1 Å². The standard InChI is InChI=1S/C5H12O3S2.K/c1-2-3-4-9-5-8-10(6)7;/h2-5H2,1H3,(H,6,7);/q;+1/p-1. The maximum absolute atomic E-state index is 9.80. The molecule has 0 aliphatic heterocycles. The van der Waals surface area contributed by atoms with Crippen molar-refractivity contribution in [2.24, 2.45) is 0 Å². The van der Waals surface area contributed by atoms with E-state index in [2.05, 4.69) is 11.1 Å². The van der Waals surface area contributed by atoms with E-state index in [1.165, 1.54) is 11.8 Å². The molecule has 3 nitrogen and oxygen atoms in total. The second-order valence-electron chi connectivity index (χ2n) is 1.70. The largest absolute Gasteiger partial charge is 1.00 e. The number of unbranched alkanes of at least 4 members (excludes halogenated alkanes) is 1. The Morgan fingerprint density at radius 3 is 2.73 bits per heavy atom. The summed E-state index contributed by atoms with van der Waals surface area (Å²) in [5, 5.41) is 0. The van der Waals surface area contributed by atoms with Gasteiger partial charge in [0.25, 0.3) is 0 Å². The molecule has 0 amide bonds. The molecule has 0 aromatic carbocycles. The van der Waals surface area contributed by atoms with Gasteiger partial charge in [-0.25, -0.2) is 4.21 Å². The smallest absolute Gasteiger partial charge is 0.750 e. The fourth-order valence-corrected chi connectivity index (χ4v) is 1.58. The van der Waals surface area contributed by atoms with Crippen LogP contribution in [-0.4, -0.2) is 20.5 Å². The zero-order valence-corrected chi connectivity index (χ0v) is 11.6. The Balaban J connectivity index is 0. The van der Waals surface area contributed by atoms with Crippen molar-refractivity contribution < 1.29 is 64.3 Å². The normalized spacial score (nSPS) is 12.2. The second-order valence-corrected chi connectivity index (χ2v) is 3.40.